The molecule has 2 unspecified atom stereocenters. The Balaban J connectivity index is 1.63. The van der Waals surface area contributed by atoms with Crippen LogP contribution >= 0.6 is 0 Å². The van der Waals surface area contributed by atoms with Crippen LogP contribution < -0.4 is 4.90 Å². The Morgan fingerprint density at radius 1 is 1.00 bits per heavy atom. The summed E-state index contributed by atoms with van der Waals surface area (Å²) in [5.41, 5.74) is 14.8. The quantitative estimate of drug-likeness (QED) is 0.571. The highest BCUT2D eigenvalue weighted by atomic mass is 15.2. The van der Waals surface area contributed by atoms with Gasteiger partial charge in [-0.2, -0.15) is 0 Å². The number of hydrogen-bond donors (Lipinski definition) is 0. The van der Waals surface area contributed by atoms with E-state index in [1.807, 2.05) is 0 Å². The Kier molecular flexibility index (Phi) is 3.02. The standard InChI is InChI=1S/C26H25N/c1-15-10-11-21-22(12-15)20-9-5-8-18-13-19-14-23(26(21)27(19)25(18)20)24-16(2)6-4-7-17(24)3/h5-6,8-12,14,19,26H,4,7,13H2,1-3H3. The van der Waals surface area contributed by atoms with Crippen molar-refractivity contribution in [3.05, 3.63) is 87.5 Å². The third kappa shape index (κ3) is 1.95. The number of allylic oxidation sites excluding steroid dienone is 3. The monoisotopic (exact) mass is 351 g/mol. The van der Waals surface area contributed by atoms with Crippen LogP contribution in [0.25, 0.3) is 11.1 Å². The molecule has 1 heteroatoms. The highest BCUT2D eigenvalue weighted by Gasteiger charge is 2.46. The molecule has 0 N–H and O–H groups in total. The summed E-state index contributed by atoms with van der Waals surface area (Å²) in [4.78, 5) is 2.72. The van der Waals surface area contributed by atoms with Gasteiger partial charge in [0.05, 0.1) is 12.1 Å². The van der Waals surface area contributed by atoms with E-state index in [4.69, 9.17) is 0 Å². The summed E-state index contributed by atoms with van der Waals surface area (Å²) in [5.74, 6) is 0. The molecular formula is C26H25N. The summed E-state index contributed by atoms with van der Waals surface area (Å²) in [7, 11) is 0. The summed E-state index contributed by atoms with van der Waals surface area (Å²) in [6, 6.07) is 14.9. The number of nitrogens with zero attached hydrogens (tertiary/aromatic N) is 1. The van der Waals surface area contributed by atoms with Crippen LogP contribution in [0.5, 0.6) is 0 Å². The normalized spacial score (nSPS) is 24.6. The molecule has 0 spiro atoms. The Morgan fingerprint density at radius 2 is 1.89 bits per heavy atom. The first-order valence-corrected chi connectivity index (χ1v) is 10.2. The van der Waals surface area contributed by atoms with Gasteiger partial charge in [0.2, 0.25) is 0 Å². The van der Waals surface area contributed by atoms with E-state index in [-0.39, 0.29) is 0 Å². The second-order valence-corrected chi connectivity index (χ2v) is 8.69. The maximum absolute atomic E-state index is 2.72. The molecule has 0 aromatic heterocycles. The van der Waals surface area contributed by atoms with Gasteiger partial charge in [0.1, 0.15) is 0 Å². The first-order chi connectivity index (χ1) is 13.1. The molecule has 2 atom stereocenters. The number of fused-ring (bicyclic) bond motifs is 3. The van der Waals surface area contributed by atoms with Crippen LogP contribution in [-0.2, 0) is 6.42 Å². The fourth-order valence-corrected chi connectivity index (χ4v) is 5.90. The van der Waals surface area contributed by atoms with E-state index in [9.17, 15) is 0 Å². The molecule has 27 heavy (non-hydrogen) atoms. The van der Waals surface area contributed by atoms with Gasteiger partial charge in [-0.1, -0.05) is 59.7 Å². The van der Waals surface area contributed by atoms with E-state index in [0.717, 1.165) is 6.42 Å². The first kappa shape index (κ1) is 15.5. The molecule has 0 fully saturated rings. The van der Waals surface area contributed by atoms with Crippen LogP contribution in [0.4, 0.5) is 5.69 Å². The van der Waals surface area contributed by atoms with E-state index in [0.29, 0.717) is 12.1 Å². The maximum Gasteiger partial charge on any atom is 0.0812 e. The van der Waals surface area contributed by atoms with Gasteiger partial charge in [-0.3, -0.25) is 0 Å². The number of para-hydroxylation sites is 1. The van der Waals surface area contributed by atoms with Gasteiger partial charge >= 0.3 is 0 Å². The first-order valence-electron chi connectivity index (χ1n) is 10.2. The fourth-order valence-electron chi connectivity index (χ4n) is 5.90. The zero-order chi connectivity index (χ0) is 18.3. The van der Waals surface area contributed by atoms with Gasteiger partial charge in [-0.05, 0) is 73.4 Å². The summed E-state index contributed by atoms with van der Waals surface area (Å²) >= 11 is 0. The third-order valence-electron chi connectivity index (χ3n) is 6.98. The number of rotatable bonds is 1. The fraction of sp³-hybridized carbons (Fsp3) is 0.308. The van der Waals surface area contributed by atoms with Crippen molar-refractivity contribution in [1.82, 2.24) is 0 Å². The minimum absolute atomic E-state index is 0.369. The number of aryl methyl sites for hydroxylation is 1. The Hall–Kier alpha value is -2.54. The lowest BCUT2D eigenvalue weighted by atomic mass is 9.79. The summed E-state index contributed by atoms with van der Waals surface area (Å²) in [6.07, 6.45) is 8.56. The highest BCUT2D eigenvalue weighted by molar-refractivity contribution is 5.91. The molecular weight excluding hydrogens is 326 g/mol. The van der Waals surface area contributed by atoms with E-state index in [1.54, 1.807) is 11.1 Å². The van der Waals surface area contributed by atoms with Crippen LogP contribution in [0, 0.1) is 6.92 Å². The third-order valence-corrected chi connectivity index (χ3v) is 6.98. The van der Waals surface area contributed by atoms with Crippen molar-refractivity contribution in [2.45, 2.75) is 52.1 Å². The highest BCUT2D eigenvalue weighted by Crippen LogP contribution is 2.58. The summed E-state index contributed by atoms with van der Waals surface area (Å²) in [6.45, 7) is 6.86. The predicted molar refractivity (Wildman–Crippen MR) is 113 cm³/mol. The van der Waals surface area contributed by atoms with Crippen molar-refractivity contribution < 1.29 is 0 Å². The van der Waals surface area contributed by atoms with Gasteiger partial charge in [0, 0.05) is 11.3 Å². The van der Waals surface area contributed by atoms with Gasteiger partial charge < -0.3 is 4.90 Å². The average Bonchev–Trinajstić information content (AvgIpc) is 3.18. The molecule has 3 aliphatic heterocycles. The van der Waals surface area contributed by atoms with Crippen LogP contribution in [0.3, 0.4) is 0 Å². The molecule has 4 aliphatic rings. The summed E-state index contributed by atoms with van der Waals surface area (Å²) in [5, 5.41) is 0. The zero-order valence-electron chi connectivity index (χ0n) is 16.3. The molecule has 0 amide bonds. The van der Waals surface area contributed by atoms with Crippen LogP contribution in [-0.4, -0.2) is 6.04 Å². The maximum atomic E-state index is 2.72. The molecule has 0 saturated heterocycles. The van der Waals surface area contributed by atoms with Crippen molar-refractivity contribution in [2.24, 2.45) is 0 Å². The SMILES string of the molecule is CC1=CCCC(C)=C1C1=CC2Cc3cccc4c3N2C1c1ccc(C)cc1-4. The zero-order valence-corrected chi connectivity index (χ0v) is 16.3. The molecule has 0 bridgehead atoms. The van der Waals surface area contributed by atoms with Crippen molar-refractivity contribution in [3.8, 4) is 11.1 Å². The minimum atomic E-state index is 0.369. The molecule has 1 nitrogen and oxygen atoms in total. The minimum Gasteiger partial charge on any atom is -0.353 e. The molecule has 134 valence electrons. The predicted octanol–water partition coefficient (Wildman–Crippen LogP) is 6.44. The average molecular weight is 351 g/mol. The lowest BCUT2D eigenvalue weighted by Crippen LogP contribution is -2.32. The van der Waals surface area contributed by atoms with Gasteiger partial charge in [-0.25, -0.2) is 0 Å². The van der Waals surface area contributed by atoms with Crippen LogP contribution in [0.2, 0.25) is 0 Å². The Morgan fingerprint density at radius 3 is 2.74 bits per heavy atom. The van der Waals surface area contributed by atoms with Crippen molar-refractivity contribution in [3.63, 3.8) is 0 Å². The largest absolute Gasteiger partial charge is 0.353 e. The lowest BCUT2D eigenvalue weighted by Gasteiger charge is -2.38. The van der Waals surface area contributed by atoms with E-state index in [1.165, 1.54) is 57.5 Å². The van der Waals surface area contributed by atoms with Gasteiger partial charge in [0.25, 0.3) is 0 Å². The van der Waals surface area contributed by atoms with Crippen LogP contribution in [0.15, 0.2) is 70.8 Å². The van der Waals surface area contributed by atoms with Crippen molar-refractivity contribution in [1.29, 1.82) is 0 Å². The van der Waals surface area contributed by atoms with E-state index in [2.05, 4.69) is 74.2 Å². The van der Waals surface area contributed by atoms with Crippen molar-refractivity contribution >= 4 is 5.69 Å². The van der Waals surface area contributed by atoms with E-state index < -0.39 is 0 Å². The summed E-state index contributed by atoms with van der Waals surface area (Å²) < 4.78 is 0. The topological polar surface area (TPSA) is 3.24 Å². The molecule has 0 radical (unpaired) electrons. The van der Waals surface area contributed by atoms with Gasteiger partial charge in [-0.15, -0.1) is 0 Å². The Bertz CT molecular complexity index is 1100. The van der Waals surface area contributed by atoms with E-state index >= 15 is 0 Å². The number of hydrogen-bond acceptors (Lipinski definition) is 1. The number of benzene rings is 2. The van der Waals surface area contributed by atoms with Gasteiger partial charge in [0.15, 0.2) is 0 Å². The second kappa shape index (κ2) is 5.25. The number of anilines is 1. The van der Waals surface area contributed by atoms with Crippen LogP contribution in [0.1, 0.15) is 49.4 Å². The molecule has 3 heterocycles. The smallest absolute Gasteiger partial charge is 0.0812 e. The second-order valence-electron chi connectivity index (χ2n) is 8.69. The molecule has 1 aliphatic carbocycles. The molecule has 6 rings (SSSR count). The van der Waals surface area contributed by atoms with Crippen molar-refractivity contribution in [2.75, 3.05) is 4.90 Å². The Labute approximate surface area is 161 Å². The molecule has 2 aromatic rings. The molecule has 0 saturated carbocycles. The molecule has 2 aromatic carbocycles. The lowest BCUT2D eigenvalue weighted by molar-refractivity contribution is 0.700.